The van der Waals surface area contributed by atoms with Crippen LogP contribution >= 0.6 is 0 Å². The molecule has 0 saturated carbocycles. The third-order valence-electron chi connectivity index (χ3n) is 5.52. The molecular formula is C25H23N5O4. The van der Waals surface area contributed by atoms with Gasteiger partial charge in [0.05, 0.1) is 11.6 Å². The Bertz CT molecular complexity index is 1370. The van der Waals surface area contributed by atoms with E-state index in [4.69, 9.17) is 9.47 Å². The van der Waals surface area contributed by atoms with E-state index < -0.39 is 0 Å². The molecule has 0 spiro atoms. The number of carbonyl (C=O) groups excluding carboxylic acids is 1. The van der Waals surface area contributed by atoms with Gasteiger partial charge in [0, 0.05) is 41.5 Å². The van der Waals surface area contributed by atoms with Crippen molar-refractivity contribution in [2.45, 2.75) is 19.9 Å². The van der Waals surface area contributed by atoms with Crippen LogP contribution < -0.4 is 20.1 Å². The topological polar surface area (TPSA) is 111 Å². The fourth-order valence-electron chi connectivity index (χ4n) is 3.73. The third-order valence-corrected chi connectivity index (χ3v) is 5.52. The van der Waals surface area contributed by atoms with Gasteiger partial charge in [-0.25, -0.2) is 4.98 Å². The molecule has 0 saturated heterocycles. The molecule has 3 N–H and O–H groups in total. The average Bonchev–Trinajstić information content (AvgIpc) is 3.50. The van der Waals surface area contributed by atoms with E-state index in [0.29, 0.717) is 34.4 Å². The number of ether oxygens (including phenoxy) is 2. The van der Waals surface area contributed by atoms with Crippen LogP contribution in [0.4, 0.5) is 11.6 Å². The van der Waals surface area contributed by atoms with Gasteiger partial charge in [0.15, 0.2) is 11.5 Å². The number of nitrogens with one attached hydrogen (secondary N) is 2. The fraction of sp³-hybridized carbons (Fsp3) is 0.160. The first-order valence-electron chi connectivity index (χ1n) is 10.8. The second-order valence-electron chi connectivity index (χ2n) is 7.95. The molecule has 9 heteroatoms. The number of para-hydroxylation sites is 1. The Labute approximate surface area is 196 Å². The maximum atomic E-state index is 12.8. The lowest BCUT2D eigenvalue weighted by Gasteiger charge is -2.15. The summed E-state index contributed by atoms with van der Waals surface area (Å²) in [6.45, 7) is 3.94. The van der Waals surface area contributed by atoms with Gasteiger partial charge in [-0.05, 0) is 38.1 Å². The van der Waals surface area contributed by atoms with Crippen LogP contribution in [0.5, 0.6) is 17.2 Å². The van der Waals surface area contributed by atoms with Crippen molar-refractivity contribution in [2.75, 3.05) is 12.1 Å². The summed E-state index contributed by atoms with van der Waals surface area (Å²) in [5.41, 5.74) is 2.75. The van der Waals surface area contributed by atoms with Gasteiger partial charge >= 0.3 is 0 Å². The number of aromatic nitrogens is 3. The van der Waals surface area contributed by atoms with Crippen LogP contribution in [-0.2, 0) is 0 Å². The maximum Gasteiger partial charge on any atom is 0.253 e. The fourth-order valence-corrected chi connectivity index (χ4v) is 3.73. The normalized spacial score (nSPS) is 12.9. The van der Waals surface area contributed by atoms with Crippen LogP contribution in [0.1, 0.15) is 34.5 Å². The highest BCUT2D eigenvalue weighted by Gasteiger charge is 2.17. The summed E-state index contributed by atoms with van der Waals surface area (Å²) < 4.78 is 12.5. The first kappa shape index (κ1) is 21.3. The molecule has 5 rings (SSSR count). The molecule has 0 bridgehead atoms. The van der Waals surface area contributed by atoms with Crippen molar-refractivity contribution in [1.29, 1.82) is 0 Å². The summed E-state index contributed by atoms with van der Waals surface area (Å²) in [6, 6.07) is 13.8. The molecule has 0 radical (unpaired) electrons. The summed E-state index contributed by atoms with van der Waals surface area (Å²) in [5.74, 6) is 2.31. The molecule has 172 valence electrons. The number of aromatic hydroxyl groups is 1. The quantitative estimate of drug-likeness (QED) is 0.397. The number of anilines is 2. The molecule has 1 aliphatic rings. The van der Waals surface area contributed by atoms with Crippen LogP contribution in [-0.4, -0.2) is 32.3 Å². The number of carbonyl (C=O) groups is 1. The summed E-state index contributed by atoms with van der Waals surface area (Å²) in [6.07, 6.45) is 5.21. The Morgan fingerprint density at radius 2 is 1.97 bits per heavy atom. The molecule has 1 unspecified atom stereocenters. The lowest BCUT2D eigenvalue weighted by atomic mass is 10.1. The molecule has 1 atom stereocenters. The minimum atomic E-state index is -0.352. The van der Waals surface area contributed by atoms with Gasteiger partial charge in [0.25, 0.3) is 5.91 Å². The molecule has 4 aromatic rings. The van der Waals surface area contributed by atoms with E-state index in [1.165, 1.54) is 0 Å². The van der Waals surface area contributed by atoms with Crippen molar-refractivity contribution in [3.05, 3.63) is 83.8 Å². The van der Waals surface area contributed by atoms with E-state index >= 15 is 0 Å². The van der Waals surface area contributed by atoms with Crippen LogP contribution in [0.3, 0.4) is 0 Å². The Balaban J connectivity index is 1.33. The number of phenolic OH excluding ortho intramolecular Hbond substituents is 1. The Morgan fingerprint density at radius 1 is 1.15 bits per heavy atom. The monoisotopic (exact) mass is 457 g/mol. The van der Waals surface area contributed by atoms with E-state index in [0.717, 1.165) is 11.3 Å². The Hall–Kier alpha value is -4.53. The molecular weight excluding hydrogens is 434 g/mol. The highest BCUT2D eigenvalue weighted by Crippen LogP contribution is 2.35. The lowest BCUT2D eigenvalue weighted by Crippen LogP contribution is -2.26. The molecule has 2 aromatic heterocycles. The smallest absolute Gasteiger partial charge is 0.253 e. The third kappa shape index (κ3) is 4.23. The number of rotatable bonds is 6. The van der Waals surface area contributed by atoms with Crippen LogP contribution in [0.2, 0.25) is 0 Å². The van der Waals surface area contributed by atoms with E-state index in [9.17, 15) is 9.90 Å². The molecule has 34 heavy (non-hydrogen) atoms. The zero-order valence-electron chi connectivity index (χ0n) is 18.6. The van der Waals surface area contributed by atoms with Gasteiger partial charge < -0.3 is 29.8 Å². The van der Waals surface area contributed by atoms with Gasteiger partial charge in [-0.1, -0.05) is 18.2 Å². The molecule has 2 aromatic carbocycles. The first-order chi connectivity index (χ1) is 16.5. The van der Waals surface area contributed by atoms with Crippen LogP contribution in [0.25, 0.3) is 5.82 Å². The number of amides is 1. The highest BCUT2D eigenvalue weighted by atomic mass is 16.7. The van der Waals surface area contributed by atoms with E-state index in [1.54, 1.807) is 47.4 Å². The maximum absolute atomic E-state index is 12.8. The Kier molecular flexibility index (Phi) is 5.51. The standard InChI is InChI=1S/C25H23N5O4/c1-15-12-26-25(28-18-7-8-21-22(11-18)34-14-33-21)29-23(15)30-10-9-17(13-30)24(32)27-16(2)19-5-3-4-6-20(19)31/h3-13,16,31H,14H2,1-2H3,(H,27,32)(H,26,28,29). The summed E-state index contributed by atoms with van der Waals surface area (Å²) in [5, 5.41) is 16.1. The lowest BCUT2D eigenvalue weighted by molar-refractivity contribution is 0.0939. The minimum Gasteiger partial charge on any atom is -0.508 e. The van der Waals surface area contributed by atoms with Gasteiger partial charge in [-0.15, -0.1) is 0 Å². The molecule has 1 aliphatic heterocycles. The Morgan fingerprint density at radius 3 is 2.82 bits per heavy atom. The van der Waals surface area contributed by atoms with Crippen molar-refractivity contribution in [3.63, 3.8) is 0 Å². The predicted molar refractivity (Wildman–Crippen MR) is 126 cm³/mol. The van der Waals surface area contributed by atoms with Gasteiger partial charge in [0.1, 0.15) is 11.6 Å². The number of fused-ring (bicyclic) bond motifs is 1. The van der Waals surface area contributed by atoms with Crippen molar-refractivity contribution in [3.8, 4) is 23.1 Å². The van der Waals surface area contributed by atoms with Gasteiger partial charge in [-0.3, -0.25) is 4.79 Å². The second kappa shape index (κ2) is 8.78. The van der Waals surface area contributed by atoms with Crippen molar-refractivity contribution in [2.24, 2.45) is 0 Å². The van der Waals surface area contributed by atoms with Crippen molar-refractivity contribution >= 4 is 17.5 Å². The van der Waals surface area contributed by atoms with Crippen molar-refractivity contribution in [1.82, 2.24) is 19.9 Å². The second-order valence-corrected chi connectivity index (χ2v) is 7.95. The predicted octanol–water partition coefficient (Wildman–Crippen LogP) is 4.24. The number of aryl methyl sites for hydroxylation is 1. The minimum absolute atomic E-state index is 0.145. The summed E-state index contributed by atoms with van der Waals surface area (Å²) in [4.78, 5) is 21.8. The highest BCUT2D eigenvalue weighted by molar-refractivity contribution is 5.94. The van der Waals surface area contributed by atoms with Crippen molar-refractivity contribution < 1.29 is 19.4 Å². The van der Waals surface area contributed by atoms with E-state index in [-0.39, 0.29) is 24.5 Å². The number of hydrogen-bond acceptors (Lipinski definition) is 7. The molecule has 3 heterocycles. The van der Waals surface area contributed by atoms with E-state index in [2.05, 4.69) is 20.6 Å². The zero-order valence-corrected chi connectivity index (χ0v) is 18.6. The largest absolute Gasteiger partial charge is 0.508 e. The van der Waals surface area contributed by atoms with Gasteiger partial charge in [0.2, 0.25) is 12.7 Å². The number of nitrogens with zero attached hydrogens (tertiary/aromatic N) is 3. The molecule has 0 fully saturated rings. The summed E-state index contributed by atoms with van der Waals surface area (Å²) >= 11 is 0. The first-order valence-corrected chi connectivity index (χ1v) is 10.8. The molecule has 9 nitrogen and oxygen atoms in total. The van der Waals surface area contributed by atoms with E-state index in [1.807, 2.05) is 38.1 Å². The molecule has 1 amide bonds. The van der Waals surface area contributed by atoms with Gasteiger partial charge in [-0.2, -0.15) is 4.98 Å². The SMILES string of the molecule is Cc1cnc(Nc2ccc3c(c2)OCO3)nc1-n1ccc(C(=O)NC(C)c2ccccc2O)c1. The summed E-state index contributed by atoms with van der Waals surface area (Å²) in [7, 11) is 0. The average molecular weight is 457 g/mol. The number of hydrogen-bond donors (Lipinski definition) is 3. The zero-order chi connectivity index (χ0) is 23.7. The number of benzene rings is 2. The van der Waals surface area contributed by atoms with Crippen LogP contribution in [0, 0.1) is 6.92 Å². The molecule has 0 aliphatic carbocycles. The number of phenols is 1. The van der Waals surface area contributed by atoms with Crippen LogP contribution in [0.15, 0.2) is 67.1 Å².